The number of carbonyl (C=O) groups excluding carboxylic acids is 1. The largest absolute Gasteiger partial charge is 0.369 e. The molecule has 2 N–H and O–H groups in total. The van der Waals surface area contributed by atoms with Gasteiger partial charge in [0.15, 0.2) is 9.84 Å². The Bertz CT molecular complexity index is 514. The van der Waals surface area contributed by atoms with Crippen molar-refractivity contribution in [1.29, 1.82) is 0 Å². The molecule has 0 spiro atoms. The van der Waals surface area contributed by atoms with Crippen LogP contribution in [0.4, 0.5) is 0 Å². The van der Waals surface area contributed by atoms with E-state index in [-0.39, 0.29) is 23.7 Å². The second-order valence-corrected chi connectivity index (χ2v) is 7.00. The number of nitrogens with zero attached hydrogens (tertiary/aromatic N) is 1. The highest BCUT2D eigenvalue weighted by molar-refractivity contribution is 9.10. The summed E-state index contributed by atoms with van der Waals surface area (Å²) in [6, 6.07) is 6.46. The molecule has 0 aliphatic rings. The third-order valence-corrected chi connectivity index (χ3v) is 4.58. The maximum atomic E-state index is 12.0. The number of halogens is 1. The molecule has 0 unspecified atom stereocenters. The SMILES string of the molecule is CN(CCS(=O)(=O)c1ccc(Br)cc1)CC(N)=O. The van der Waals surface area contributed by atoms with E-state index in [1.807, 2.05) is 0 Å². The molecule has 18 heavy (non-hydrogen) atoms. The van der Waals surface area contributed by atoms with Crippen LogP contribution in [0.3, 0.4) is 0 Å². The zero-order valence-electron chi connectivity index (χ0n) is 9.97. The van der Waals surface area contributed by atoms with E-state index in [0.717, 1.165) is 4.47 Å². The zero-order chi connectivity index (χ0) is 13.8. The van der Waals surface area contributed by atoms with Crippen LogP contribution in [0.5, 0.6) is 0 Å². The number of amides is 1. The third kappa shape index (κ3) is 4.75. The fourth-order valence-electron chi connectivity index (χ4n) is 1.38. The maximum absolute atomic E-state index is 12.0. The van der Waals surface area contributed by atoms with E-state index in [4.69, 9.17) is 5.73 Å². The Kier molecular flexibility index (Phi) is 5.30. The fraction of sp³-hybridized carbons (Fsp3) is 0.364. The van der Waals surface area contributed by atoms with Gasteiger partial charge in [0.05, 0.1) is 17.2 Å². The van der Waals surface area contributed by atoms with Crippen molar-refractivity contribution >= 4 is 31.7 Å². The number of likely N-dealkylation sites (N-methyl/N-ethyl adjacent to an activating group) is 1. The summed E-state index contributed by atoms with van der Waals surface area (Å²) in [5.74, 6) is -0.517. The molecule has 0 bridgehead atoms. The van der Waals surface area contributed by atoms with Gasteiger partial charge in [-0.2, -0.15) is 0 Å². The van der Waals surface area contributed by atoms with Crippen LogP contribution in [0.2, 0.25) is 0 Å². The van der Waals surface area contributed by atoms with E-state index in [2.05, 4.69) is 15.9 Å². The maximum Gasteiger partial charge on any atom is 0.231 e. The lowest BCUT2D eigenvalue weighted by molar-refractivity contribution is -0.118. The molecule has 5 nitrogen and oxygen atoms in total. The molecular formula is C11H15BrN2O3S. The predicted molar refractivity (Wildman–Crippen MR) is 72.9 cm³/mol. The van der Waals surface area contributed by atoms with E-state index in [0.29, 0.717) is 0 Å². The second-order valence-electron chi connectivity index (χ2n) is 3.98. The molecule has 7 heteroatoms. The van der Waals surface area contributed by atoms with Gasteiger partial charge in [0.1, 0.15) is 0 Å². The number of sulfone groups is 1. The number of primary amides is 1. The molecule has 1 amide bonds. The van der Waals surface area contributed by atoms with Crippen molar-refractivity contribution in [3.05, 3.63) is 28.7 Å². The van der Waals surface area contributed by atoms with E-state index < -0.39 is 15.7 Å². The molecule has 0 atom stereocenters. The van der Waals surface area contributed by atoms with E-state index >= 15 is 0 Å². The monoisotopic (exact) mass is 334 g/mol. The van der Waals surface area contributed by atoms with Crippen molar-refractivity contribution < 1.29 is 13.2 Å². The van der Waals surface area contributed by atoms with Gasteiger partial charge in [-0.15, -0.1) is 0 Å². The molecule has 0 radical (unpaired) electrons. The van der Waals surface area contributed by atoms with Crippen molar-refractivity contribution in [2.24, 2.45) is 5.73 Å². The highest BCUT2D eigenvalue weighted by Gasteiger charge is 2.15. The van der Waals surface area contributed by atoms with Gasteiger partial charge in [0.2, 0.25) is 5.91 Å². The third-order valence-electron chi connectivity index (χ3n) is 2.34. The normalized spacial score (nSPS) is 11.7. The lowest BCUT2D eigenvalue weighted by atomic mass is 10.4. The topological polar surface area (TPSA) is 80.5 Å². The van der Waals surface area contributed by atoms with Gasteiger partial charge in [-0.3, -0.25) is 9.69 Å². The van der Waals surface area contributed by atoms with Crippen molar-refractivity contribution in [3.8, 4) is 0 Å². The lowest BCUT2D eigenvalue weighted by Gasteiger charge is -2.14. The number of nitrogens with two attached hydrogens (primary N) is 1. The van der Waals surface area contributed by atoms with Crippen molar-refractivity contribution in [2.45, 2.75) is 4.90 Å². The summed E-state index contributed by atoms with van der Waals surface area (Å²) in [6.07, 6.45) is 0. The predicted octanol–water partition coefficient (Wildman–Crippen LogP) is 0.640. The van der Waals surface area contributed by atoms with Crippen LogP contribution in [0.1, 0.15) is 0 Å². The summed E-state index contributed by atoms with van der Waals surface area (Å²) in [4.78, 5) is 12.5. The first-order valence-corrected chi connectivity index (χ1v) is 7.71. The van der Waals surface area contributed by atoms with Crippen molar-refractivity contribution in [3.63, 3.8) is 0 Å². The molecule has 0 fully saturated rings. The Morgan fingerprint density at radius 2 is 1.89 bits per heavy atom. The average molecular weight is 335 g/mol. The quantitative estimate of drug-likeness (QED) is 0.827. The molecule has 0 heterocycles. The smallest absolute Gasteiger partial charge is 0.231 e. The highest BCUT2D eigenvalue weighted by atomic mass is 79.9. The first-order chi connectivity index (χ1) is 8.31. The Morgan fingerprint density at radius 1 is 1.33 bits per heavy atom. The van der Waals surface area contributed by atoms with Crippen LogP contribution >= 0.6 is 15.9 Å². The summed E-state index contributed by atoms with van der Waals surface area (Å²) in [5, 5.41) is 0. The molecule has 0 aliphatic heterocycles. The number of hydrogen-bond acceptors (Lipinski definition) is 4. The second kappa shape index (κ2) is 6.31. The molecule has 0 saturated heterocycles. The van der Waals surface area contributed by atoms with Crippen LogP contribution in [-0.2, 0) is 14.6 Å². The standard InChI is InChI=1S/C11H15BrN2O3S/c1-14(8-11(13)15)6-7-18(16,17)10-4-2-9(12)3-5-10/h2-5H,6-8H2,1H3,(H2,13,15). The summed E-state index contributed by atoms with van der Waals surface area (Å²) >= 11 is 3.25. The van der Waals surface area contributed by atoms with Crippen LogP contribution < -0.4 is 5.73 Å². The minimum atomic E-state index is -3.32. The Balaban J connectivity index is 2.65. The molecular weight excluding hydrogens is 320 g/mol. The minimum Gasteiger partial charge on any atom is -0.369 e. The summed E-state index contributed by atoms with van der Waals surface area (Å²) in [5.41, 5.74) is 5.03. The van der Waals surface area contributed by atoms with Crippen molar-refractivity contribution in [2.75, 3.05) is 25.9 Å². The summed E-state index contributed by atoms with van der Waals surface area (Å²) < 4.78 is 24.8. The molecule has 0 aliphatic carbocycles. The average Bonchev–Trinajstić information content (AvgIpc) is 2.26. The molecule has 1 aromatic rings. The van der Waals surface area contributed by atoms with E-state index in [1.165, 1.54) is 0 Å². The molecule has 1 rings (SSSR count). The van der Waals surface area contributed by atoms with Crippen molar-refractivity contribution in [1.82, 2.24) is 4.90 Å². The minimum absolute atomic E-state index is 0.0432. The van der Waals surface area contributed by atoms with E-state index in [9.17, 15) is 13.2 Å². The Labute approximate surface area is 115 Å². The molecule has 100 valence electrons. The van der Waals surface area contributed by atoms with Gasteiger partial charge < -0.3 is 5.73 Å². The first-order valence-electron chi connectivity index (χ1n) is 5.26. The molecule has 0 aromatic heterocycles. The van der Waals surface area contributed by atoms with Crippen LogP contribution in [0.25, 0.3) is 0 Å². The molecule has 1 aromatic carbocycles. The van der Waals surface area contributed by atoms with E-state index in [1.54, 1.807) is 36.2 Å². The zero-order valence-corrected chi connectivity index (χ0v) is 12.4. The van der Waals surface area contributed by atoms with Gasteiger partial charge in [-0.25, -0.2) is 8.42 Å². The number of rotatable bonds is 6. The van der Waals surface area contributed by atoms with Gasteiger partial charge in [0, 0.05) is 11.0 Å². The molecule has 0 saturated carbocycles. The van der Waals surface area contributed by atoms with Gasteiger partial charge in [0.25, 0.3) is 0 Å². The summed E-state index contributed by atoms with van der Waals surface area (Å²) in [6.45, 7) is 0.317. The summed E-state index contributed by atoms with van der Waals surface area (Å²) in [7, 11) is -1.67. The fourth-order valence-corrected chi connectivity index (χ4v) is 2.98. The Hall–Kier alpha value is -0.920. The van der Waals surface area contributed by atoms with Crippen LogP contribution in [0.15, 0.2) is 33.6 Å². The van der Waals surface area contributed by atoms with Gasteiger partial charge >= 0.3 is 0 Å². The first kappa shape index (κ1) is 15.1. The Morgan fingerprint density at radius 3 is 2.39 bits per heavy atom. The van der Waals surface area contributed by atoms with Crippen LogP contribution in [-0.4, -0.2) is 45.1 Å². The lowest BCUT2D eigenvalue weighted by Crippen LogP contribution is -2.33. The number of benzene rings is 1. The van der Waals surface area contributed by atoms with Gasteiger partial charge in [-0.1, -0.05) is 15.9 Å². The highest BCUT2D eigenvalue weighted by Crippen LogP contribution is 2.15. The van der Waals surface area contributed by atoms with Crippen LogP contribution in [0, 0.1) is 0 Å². The number of hydrogen-bond donors (Lipinski definition) is 1. The number of carbonyl (C=O) groups is 1. The van der Waals surface area contributed by atoms with Gasteiger partial charge in [-0.05, 0) is 31.3 Å².